The number of carboxylic acids is 1. The molecule has 0 aromatic rings. The molecule has 3 N–H and O–H groups in total. The molecule has 2 rings (SSSR count). The maximum absolute atomic E-state index is 12.5. The second-order valence-corrected chi connectivity index (χ2v) is 5.69. The van der Waals surface area contributed by atoms with Gasteiger partial charge < -0.3 is 25.3 Å². The minimum atomic E-state index is -1.04. The predicted octanol–water partition coefficient (Wildman–Crippen LogP) is -0.442. The molecular weight excluding hydrogens is 262 g/mol. The lowest BCUT2D eigenvalue weighted by Gasteiger charge is -2.36. The Labute approximate surface area is 118 Å². The number of β-amino-alcohol motifs (C(OH)–C–C–N with tert-alkyl or cyclic N) is 1. The third-order valence-electron chi connectivity index (χ3n) is 4.09. The van der Waals surface area contributed by atoms with E-state index in [1.54, 1.807) is 4.90 Å². The zero-order valence-corrected chi connectivity index (χ0v) is 11.8. The fraction of sp³-hybridized carbons (Fsp3) is 0.846. The number of nitrogens with one attached hydrogen (secondary N) is 1. The summed E-state index contributed by atoms with van der Waals surface area (Å²) in [6, 6.07) is -1.16. The fourth-order valence-electron chi connectivity index (χ4n) is 3.14. The number of aliphatic carboxylic acids is 1. The van der Waals surface area contributed by atoms with Gasteiger partial charge in [-0.3, -0.25) is 0 Å². The normalized spacial score (nSPS) is 30.6. The van der Waals surface area contributed by atoms with E-state index >= 15 is 0 Å². The maximum atomic E-state index is 12.5. The molecule has 7 nitrogen and oxygen atoms in total. The molecule has 7 heteroatoms. The Morgan fingerprint density at radius 1 is 1.35 bits per heavy atom. The van der Waals surface area contributed by atoms with Crippen molar-refractivity contribution in [3.63, 3.8) is 0 Å². The number of nitrogens with zero attached hydrogens (tertiary/aromatic N) is 2. The van der Waals surface area contributed by atoms with E-state index < -0.39 is 18.1 Å². The van der Waals surface area contributed by atoms with Gasteiger partial charge in [0.2, 0.25) is 0 Å². The first kappa shape index (κ1) is 15.1. The monoisotopic (exact) mass is 285 g/mol. The summed E-state index contributed by atoms with van der Waals surface area (Å²) in [6.07, 6.45) is 1.40. The molecule has 2 heterocycles. The first-order valence-corrected chi connectivity index (χ1v) is 7.14. The van der Waals surface area contributed by atoms with Gasteiger partial charge in [-0.25, -0.2) is 9.59 Å². The van der Waals surface area contributed by atoms with Crippen molar-refractivity contribution in [1.82, 2.24) is 15.1 Å². The molecule has 2 saturated heterocycles. The van der Waals surface area contributed by atoms with Crippen molar-refractivity contribution < 1.29 is 19.8 Å². The fourth-order valence-corrected chi connectivity index (χ4v) is 3.14. The predicted molar refractivity (Wildman–Crippen MR) is 72.4 cm³/mol. The molecule has 0 saturated carbocycles. The number of amides is 2. The van der Waals surface area contributed by atoms with E-state index in [9.17, 15) is 14.7 Å². The van der Waals surface area contributed by atoms with Crippen molar-refractivity contribution in [2.75, 3.05) is 33.2 Å². The molecule has 0 bridgehead atoms. The second kappa shape index (κ2) is 6.41. The highest BCUT2D eigenvalue weighted by atomic mass is 16.4. The van der Waals surface area contributed by atoms with Crippen LogP contribution in [0, 0.1) is 5.92 Å². The number of aliphatic hydroxyl groups is 1. The molecule has 0 spiro atoms. The SMILES string of the molecule is CNCC1CCCN(C(=O)N2CC(O)CC2C(=O)O)C1. The van der Waals surface area contributed by atoms with Crippen LogP contribution in [0.25, 0.3) is 0 Å². The smallest absolute Gasteiger partial charge is 0.326 e. The van der Waals surface area contributed by atoms with Crippen LogP contribution in [0.3, 0.4) is 0 Å². The van der Waals surface area contributed by atoms with Crippen LogP contribution in [0.4, 0.5) is 4.79 Å². The molecule has 2 amide bonds. The number of carboxylic acid groups (broad SMARTS) is 1. The number of hydrogen-bond acceptors (Lipinski definition) is 4. The summed E-state index contributed by atoms with van der Waals surface area (Å²) in [5.41, 5.74) is 0. The summed E-state index contributed by atoms with van der Waals surface area (Å²) in [5, 5.41) is 21.9. The van der Waals surface area contributed by atoms with Gasteiger partial charge in [0.25, 0.3) is 0 Å². The van der Waals surface area contributed by atoms with Crippen molar-refractivity contribution in [3.8, 4) is 0 Å². The van der Waals surface area contributed by atoms with Crippen molar-refractivity contribution in [3.05, 3.63) is 0 Å². The second-order valence-electron chi connectivity index (χ2n) is 5.69. The third kappa shape index (κ3) is 3.21. The first-order valence-electron chi connectivity index (χ1n) is 7.14. The molecule has 0 radical (unpaired) electrons. The van der Waals surface area contributed by atoms with E-state index in [2.05, 4.69) is 5.32 Å². The summed E-state index contributed by atoms with van der Waals surface area (Å²) in [5.74, 6) is -0.632. The third-order valence-corrected chi connectivity index (χ3v) is 4.09. The Hall–Kier alpha value is -1.34. The number of carbonyl (C=O) groups excluding carboxylic acids is 1. The Bertz CT molecular complexity index is 375. The van der Waals surface area contributed by atoms with E-state index in [0.717, 1.165) is 19.4 Å². The summed E-state index contributed by atoms with van der Waals surface area (Å²) < 4.78 is 0. The van der Waals surface area contributed by atoms with Gasteiger partial charge in [-0.2, -0.15) is 0 Å². The largest absolute Gasteiger partial charge is 0.480 e. The van der Waals surface area contributed by atoms with Crippen molar-refractivity contribution in [2.24, 2.45) is 5.92 Å². The van der Waals surface area contributed by atoms with Crippen LogP contribution in [-0.4, -0.2) is 77.4 Å². The lowest BCUT2D eigenvalue weighted by molar-refractivity contribution is -0.141. The summed E-state index contributed by atoms with van der Waals surface area (Å²) in [6.45, 7) is 2.29. The number of likely N-dealkylation sites (tertiary alicyclic amines) is 2. The van der Waals surface area contributed by atoms with Crippen LogP contribution >= 0.6 is 0 Å². The Balaban J connectivity index is 2.00. The van der Waals surface area contributed by atoms with E-state index in [0.29, 0.717) is 19.0 Å². The number of rotatable bonds is 3. The van der Waals surface area contributed by atoms with Gasteiger partial charge in [0.15, 0.2) is 0 Å². The van der Waals surface area contributed by atoms with Gasteiger partial charge >= 0.3 is 12.0 Å². The van der Waals surface area contributed by atoms with Gasteiger partial charge in [0.05, 0.1) is 6.10 Å². The number of piperidine rings is 1. The van der Waals surface area contributed by atoms with Crippen LogP contribution in [-0.2, 0) is 4.79 Å². The number of urea groups is 1. The molecule has 20 heavy (non-hydrogen) atoms. The lowest BCUT2D eigenvalue weighted by atomic mass is 9.98. The number of aliphatic hydroxyl groups excluding tert-OH is 1. The highest BCUT2D eigenvalue weighted by Crippen LogP contribution is 2.23. The maximum Gasteiger partial charge on any atom is 0.326 e. The van der Waals surface area contributed by atoms with Crippen LogP contribution in [0.1, 0.15) is 19.3 Å². The van der Waals surface area contributed by atoms with E-state index in [1.807, 2.05) is 7.05 Å². The highest BCUT2D eigenvalue weighted by Gasteiger charge is 2.41. The Kier molecular flexibility index (Phi) is 4.82. The van der Waals surface area contributed by atoms with E-state index in [4.69, 9.17) is 5.11 Å². The van der Waals surface area contributed by atoms with Gasteiger partial charge in [-0.05, 0) is 32.4 Å². The van der Waals surface area contributed by atoms with Gasteiger partial charge in [0.1, 0.15) is 6.04 Å². The molecule has 0 aromatic heterocycles. The minimum absolute atomic E-state index is 0.114. The molecule has 0 aromatic carbocycles. The molecule has 3 atom stereocenters. The standard InChI is InChI=1S/C13H23N3O4/c1-14-6-9-3-2-4-15(7-9)13(20)16-8-10(17)5-11(16)12(18)19/h9-11,14,17H,2-8H2,1H3,(H,18,19). The van der Waals surface area contributed by atoms with Gasteiger partial charge in [-0.1, -0.05) is 0 Å². The summed E-state index contributed by atoms with van der Waals surface area (Å²) in [4.78, 5) is 26.7. The quantitative estimate of drug-likeness (QED) is 0.653. The van der Waals surface area contributed by atoms with Crippen LogP contribution < -0.4 is 5.32 Å². The van der Waals surface area contributed by atoms with E-state index in [1.165, 1.54) is 4.90 Å². The number of hydrogen-bond donors (Lipinski definition) is 3. The Morgan fingerprint density at radius 3 is 2.75 bits per heavy atom. The zero-order chi connectivity index (χ0) is 14.7. The highest BCUT2D eigenvalue weighted by molar-refractivity contribution is 5.83. The summed E-state index contributed by atoms with van der Waals surface area (Å²) in [7, 11) is 1.89. The van der Waals surface area contributed by atoms with Crippen LogP contribution in [0.2, 0.25) is 0 Å². The van der Waals surface area contributed by atoms with Gasteiger partial charge in [0, 0.05) is 26.1 Å². The van der Waals surface area contributed by atoms with Crippen molar-refractivity contribution in [2.45, 2.75) is 31.4 Å². The molecule has 2 aliphatic rings. The first-order chi connectivity index (χ1) is 9.52. The molecular formula is C13H23N3O4. The van der Waals surface area contributed by atoms with Crippen molar-refractivity contribution >= 4 is 12.0 Å². The molecule has 3 unspecified atom stereocenters. The number of carbonyl (C=O) groups is 2. The Morgan fingerprint density at radius 2 is 2.10 bits per heavy atom. The molecule has 114 valence electrons. The van der Waals surface area contributed by atoms with Gasteiger partial charge in [-0.15, -0.1) is 0 Å². The topological polar surface area (TPSA) is 93.1 Å². The average Bonchev–Trinajstić information content (AvgIpc) is 2.81. The summed E-state index contributed by atoms with van der Waals surface area (Å²) >= 11 is 0. The van der Waals surface area contributed by atoms with Crippen LogP contribution in [0.15, 0.2) is 0 Å². The molecule has 2 fully saturated rings. The molecule has 2 aliphatic heterocycles. The molecule has 0 aliphatic carbocycles. The van der Waals surface area contributed by atoms with Crippen LogP contribution in [0.5, 0.6) is 0 Å². The van der Waals surface area contributed by atoms with Crippen molar-refractivity contribution in [1.29, 1.82) is 0 Å². The zero-order valence-electron chi connectivity index (χ0n) is 11.8. The average molecular weight is 285 g/mol. The minimum Gasteiger partial charge on any atom is -0.480 e. The lowest BCUT2D eigenvalue weighted by Crippen LogP contribution is -2.51. The van der Waals surface area contributed by atoms with E-state index in [-0.39, 0.29) is 19.0 Å².